The van der Waals surface area contributed by atoms with Crippen LogP contribution in [0.4, 0.5) is 5.69 Å². The summed E-state index contributed by atoms with van der Waals surface area (Å²) in [4.78, 5) is 0. The maximum atomic E-state index is 12.2. The topological polar surface area (TPSA) is 58.2 Å². The molecule has 2 rings (SSSR count). The van der Waals surface area contributed by atoms with Gasteiger partial charge in [-0.2, -0.15) is 0 Å². The molecule has 1 fully saturated rings. The molecule has 0 radical (unpaired) electrons. The Morgan fingerprint density at radius 3 is 2.83 bits per heavy atom. The molecule has 0 amide bonds. The van der Waals surface area contributed by atoms with Gasteiger partial charge in [-0.15, -0.1) is 0 Å². The van der Waals surface area contributed by atoms with E-state index in [2.05, 4.69) is 10.0 Å². The molecule has 0 spiro atoms. The standard InChI is InChI=1S/C12H17ClN2O2S/c1-9-4-2-6-11(13)12(9)15-18(16,17)10-5-3-7-14-8-10/h2,4,6,10,14-15H,3,5,7-8H2,1H3. The Morgan fingerprint density at radius 2 is 2.22 bits per heavy atom. The molecule has 1 aromatic rings. The number of halogens is 1. The summed E-state index contributed by atoms with van der Waals surface area (Å²) in [5, 5.41) is 3.15. The van der Waals surface area contributed by atoms with Crippen LogP contribution in [0.2, 0.25) is 5.02 Å². The maximum Gasteiger partial charge on any atom is 0.236 e. The number of rotatable bonds is 3. The molecule has 1 unspecified atom stereocenters. The highest BCUT2D eigenvalue weighted by Gasteiger charge is 2.27. The normalized spacial score (nSPS) is 20.7. The van der Waals surface area contributed by atoms with E-state index in [1.807, 2.05) is 13.0 Å². The summed E-state index contributed by atoms with van der Waals surface area (Å²) in [6, 6.07) is 5.33. The first kappa shape index (κ1) is 13.6. The molecular formula is C12H17ClN2O2S. The fourth-order valence-corrected chi connectivity index (χ4v) is 3.93. The predicted molar refractivity (Wildman–Crippen MR) is 74.6 cm³/mol. The van der Waals surface area contributed by atoms with E-state index in [0.29, 0.717) is 23.7 Å². The van der Waals surface area contributed by atoms with Crippen LogP contribution in [0, 0.1) is 6.92 Å². The van der Waals surface area contributed by atoms with Crippen LogP contribution in [-0.4, -0.2) is 26.8 Å². The Labute approximate surface area is 113 Å². The zero-order valence-corrected chi connectivity index (χ0v) is 11.8. The van der Waals surface area contributed by atoms with Gasteiger partial charge in [-0.25, -0.2) is 8.42 Å². The number of hydrogen-bond acceptors (Lipinski definition) is 3. The monoisotopic (exact) mass is 288 g/mol. The van der Waals surface area contributed by atoms with Crippen LogP contribution in [0.3, 0.4) is 0 Å². The van der Waals surface area contributed by atoms with Crippen molar-refractivity contribution in [3.63, 3.8) is 0 Å². The van der Waals surface area contributed by atoms with Gasteiger partial charge in [-0.1, -0.05) is 23.7 Å². The second-order valence-electron chi connectivity index (χ2n) is 4.55. The lowest BCUT2D eigenvalue weighted by molar-refractivity contribution is 0.499. The third-order valence-corrected chi connectivity index (χ3v) is 5.24. The molecule has 1 aromatic carbocycles. The van der Waals surface area contributed by atoms with Crippen LogP contribution in [0.5, 0.6) is 0 Å². The number of hydrogen-bond donors (Lipinski definition) is 2. The molecule has 1 aliphatic rings. The third-order valence-electron chi connectivity index (χ3n) is 3.16. The Balaban J connectivity index is 2.22. The van der Waals surface area contributed by atoms with Gasteiger partial charge in [-0.3, -0.25) is 4.72 Å². The quantitative estimate of drug-likeness (QED) is 0.896. The summed E-state index contributed by atoms with van der Waals surface area (Å²) in [5.74, 6) is 0. The molecular weight excluding hydrogens is 272 g/mol. The first-order valence-corrected chi connectivity index (χ1v) is 7.90. The molecule has 18 heavy (non-hydrogen) atoms. The zero-order valence-electron chi connectivity index (χ0n) is 10.2. The van der Waals surface area contributed by atoms with Crippen molar-refractivity contribution in [2.45, 2.75) is 25.0 Å². The molecule has 0 saturated carbocycles. The number of anilines is 1. The third kappa shape index (κ3) is 2.96. The number of para-hydroxylation sites is 1. The minimum Gasteiger partial charge on any atom is -0.315 e. The minimum atomic E-state index is -3.38. The van der Waals surface area contributed by atoms with Gasteiger partial charge in [0.15, 0.2) is 0 Å². The van der Waals surface area contributed by atoms with Crippen LogP contribution in [0.15, 0.2) is 18.2 Å². The van der Waals surface area contributed by atoms with E-state index in [4.69, 9.17) is 11.6 Å². The zero-order chi connectivity index (χ0) is 13.2. The van der Waals surface area contributed by atoms with Gasteiger partial charge in [0.2, 0.25) is 10.0 Å². The summed E-state index contributed by atoms with van der Waals surface area (Å²) in [7, 11) is -3.38. The molecule has 2 N–H and O–H groups in total. The van der Waals surface area contributed by atoms with Crippen molar-refractivity contribution in [2.75, 3.05) is 17.8 Å². The Morgan fingerprint density at radius 1 is 1.44 bits per heavy atom. The summed E-state index contributed by atoms with van der Waals surface area (Å²) >= 11 is 6.03. The van der Waals surface area contributed by atoms with Crippen molar-refractivity contribution in [3.8, 4) is 0 Å². The van der Waals surface area contributed by atoms with E-state index in [1.54, 1.807) is 12.1 Å². The van der Waals surface area contributed by atoms with Crippen molar-refractivity contribution >= 4 is 27.3 Å². The first-order valence-electron chi connectivity index (χ1n) is 5.98. The van der Waals surface area contributed by atoms with Gasteiger partial charge in [0.05, 0.1) is 16.0 Å². The fourth-order valence-electron chi connectivity index (χ4n) is 2.07. The average Bonchev–Trinajstić information content (AvgIpc) is 2.35. The molecule has 1 atom stereocenters. The Bertz CT molecular complexity index is 505. The van der Waals surface area contributed by atoms with E-state index in [9.17, 15) is 8.42 Å². The molecule has 100 valence electrons. The lowest BCUT2D eigenvalue weighted by atomic mass is 10.2. The maximum absolute atomic E-state index is 12.2. The van der Waals surface area contributed by atoms with Gasteiger partial charge in [-0.05, 0) is 37.9 Å². The van der Waals surface area contributed by atoms with Gasteiger partial charge in [0.1, 0.15) is 0 Å². The van der Waals surface area contributed by atoms with Gasteiger partial charge < -0.3 is 5.32 Å². The minimum absolute atomic E-state index is 0.387. The second-order valence-corrected chi connectivity index (χ2v) is 6.92. The second kappa shape index (κ2) is 5.47. The molecule has 0 aromatic heterocycles. The highest BCUT2D eigenvalue weighted by Crippen LogP contribution is 2.27. The molecule has 0 bridgehead atoms. The number of benzene rings is 1. The summed E-state index contributed by atoms with van der Waals surface area (Å²) < 4.78 is 27.1. The summed E-state index contributed by atoms with van der Waals surface area (Å²) in [6.07, 6.45) is 1.57. The molecule has 4 nitrogen and oxygen atoms in total. The molecule has 0 aliphatic carbocycles. The number of sulfonamides is 1. The van der Waals surface area contributed by atoms with Crippen LogP contribution < -0.4 is 10.0 Å². The number of piperidine rings is 1. The largest absolute Gasteiger partial charge is 0.315 e. The van der Waals surface area contributed by atoms with Crippen molar-refractivity contribution < 1.29 is 8.42 Å². The van der Waals surface area contributed by atoms with Crippen LogP contribution in [-0.2, 0) is 10.0 Å². The van der Waals surface area contributed by atoms with E-state index < -0.39 is 10.0 Å². The van der Waals surface area contributed by atoms with Gasteiger partial charge >= 0.3 is 0 Å². The van der Waals surface area contributed by atoms with E-state index in [0.717, 1.165) is 18.5 Å². The van der Waals surface area contributed by atoms with E-state index in [-0.39, 0.29) is 5.25 Å². The highest BCUT2D eigenvalue weighted by molar-refractivity contribution is 7.93. The first-order chi connectivity index (χ1) is 8.50. The number of aryl methyl sites for hydroxylation is 1. The van der Waals surface area contributed by atoms with Crippen molar-refractivity contribution in [1.82, 2.24) is 5.32 Å². The van der Waals surface area contributed by atoms with Crippen molar-refractivity contribution in [2.24, 2.45) is 0 Å². The number of nitrogens with one attached hydrogen (secondary N) is 2. The molecule has 1 heterocycles. The van der Waals surface area contributed by atoms with Crippen LogP contribution in [0.1, 0.15) is 18.4 Å². The van der Waals surface area contributed by atoms with E-state index >= 15 is 0 Å². The Hall–Kier alpha value is -0.780. The lowest BCUT2D eigenvalue weighted by Gasteiger charge is -2.24. The Kier molecular flexibility index (Phi) is 4.14. The van der Waals surface area contributed by atoms with Gasteiger partial charge in [0, 0.05) is 6.54 Å². The van der Waals surface area contributed by atoms with Crippen molar-refractivity contribution in [3.05, 3.63) is 28.8 Å². The average molecular weight is 289 g/mol. The van der Waals surface area contributed by atoms with E-state index in [1.165, 1.54) is 0 Å². The van der Waals surface area contributed by atoms with Crippen LogP contribution in [0.25, 0.3) is 0 Å². The lowest BCUT2D eigenvalue weighted by Crippen LogP contribution is -2.41. The summed E-state index contributed by atoms with van der Waals surface area (Å²) in [5.41, 5.74) is 1.32. The SMILES string of the molecule is Cc1cccc(Cl)c1NS(=O)(=O)C1CCCNC1. The van der Waals surface area contributed by atoms with Gasteiger partial charge in [0.25, 0.3) is 0 Å². The molecule has 1 aliphatic heterocycles. The molecule has 6 heteroatoms. The smallest absolute Gasteiger partial charge is 0.236 e. The van der Waals surface area contributed by atoms with Crippen LogP contribution >= 0.6 is 11.6 Å². The predicted octanol–water partition coefficient (Wildman–Crippen LogP) is 2.14. The fraction of sp³-hybridized carbons (Fsp3) is 0.500. The summed E-state index contributed by atoms with van der Waals surface area (Å²) in [6.45, 7) is 3.22. The molecule has 1 saturated heterocycles. The highest BCUT2D eigenvalue weighted by atomic mass is 35.5. The van der Waals surface area contributed by atoms with Crippen molar-refractivity contribution in [1.29, 1.82) is 0 Å².